The molecule has 2 aliphatic heterocycles. The van der Waals surface area contributed by atoms with Crippen molar-refractivity contribution in [1.82, 2.24) is 19.4 Å². The molecular weight excluding hydrogens is 456 g/mol. The first-order chi connectivity index (χ1) is 17.3. The van der Waals surface area contributed by atoms with Crippen LogP contribution in [0.3, 0.4) is 0 Å². The van der Waals surface area contributed by atoms with Crippen LogP contribution >= 0.6 is 0 Å². The number of ether oxygens (including phenoxy) is 3. The Morgan fingerprint density at radius 2 is 1.89 bits per heavy atom. The minimum absolute atomic E-state index is 0.191. The first-order valence-electron chi connectivity index (χ1n) is 12.9. The van der Waals surface area contributed by atoms with Crippen molar-refractivity contribution in [3.63, 3.8) is 0 Å². The molecule has 0 saturated carbocycles. The predicted octanol–water partition coefficient (Wildman–Crippen LogP) is 4.56. The second-order valence-electron chi connectivity index (χ2n) is 10.8. The Labute approximate surface area is 212 Å². The molecule has 5 rings (SSSR count). The van der Waals surface area contributed by atoms with Gasteiger partial charge in [0.1, 0.15) is 11.4 Å². The number of imidazole rings is 1. The summed E-state index contributed by atoms with van der Waals surface area (Å²) in [5, 5.41) is 0. The molecule has 0 bridgehead atoms. The minimum Gasteiger partial charge on any atom is -0.481 e. The van der Waals surface area contributed by atoms with E-state index >= 15 is 0 Å². The zero-order chi connectivity index (χ0) is 25.3. The lowest BCUT2D eigenvalue weighted by Crippen LogP contribution is -2.35. The second-order valence-corrected chi connectivity index (χ2v) is 10.8. The van der Waals surface area contributed by atoms with Crippen LogP contribution in [0.2, 0.25) is 0 Å². The fourth-order valence-electron chi connectivity index (χ4n) is 4.95. The fraction of sp³-hybridized carbons (Fsp3) is 0.536. The Hall–Kier alpha value is -2.97. The second kappa shape index (κ2) is 10.2. The molecule has 8 nitrogen and oxygen atoms in total. The molecule has 2 aromatic heterocycles. The third kappa shape index (κ3) is 5.55. The third-order valence-electron chi connectivity index (χ3n) is 6.97. The maximum absolute atomic E-state index is 12.7. The van der Waals surface area contributed by atoms with Gasteiger partial charge in [0, 0.05) is 24.3 Å². The van der Waals surface area contributed by atoms with Gasteiger partial charge in [-0.25, -0.2) is 14.8 Å². The molecule has 0 aliphatic carbocycles. The summed E-state index contributed by atoms with van der Waals surface area (Å²) >= 11 is 0. The molecule has 2 fully saturated rings. The Bertz CT molecular complexity index is 1220. The van der Waals surface area contributed by atoms with Gasteiger partial charge in [0.25, 0.3) is 0 Å². The lowest BCUT2D eigenvalue weighted by Gasteiger charge is -2.32. The number of pyridine rings is 1. The van der Waals surface area contributed by atoms with Crippen molar-refractivity contribution in [1.29, 1.82) is 0 Å². The molecule has 1 aromatic carbocycles. The fourth-order valence-corrected chi connectivity index (χ4v) is 4.95. The van der Waals surface area contributed by atoms with Gasteiger partial charge in [-0.1, -0.05) is 6.07 Å². The number of benzene rings is 1. The number of fused-ring (bicyclic) bond motifs is 1. The van der Waals surface area contributed by atoms with Gasteiger partial charge in [-0.3, -0.25) is 4.90 Å². The highest BCUT2D eigenvalue weighted by molar-refractivity contribution is 5.94. The highest BCUT2D eigenvalue weighted by Crippen LogP contribution is 2.30. The standard InChI is InChI=1S/C28H36N4O4/c1-28(2,3)36-27(33)20-8-9-23-24(16-20)32(17-21-12-15-35-21)25(29-23)18-31-13-10-19(11-14-31)22-6-5-7-26(30-22)34-4/h5-9,16,19,21H,10-15,17-18H2,1-4H3/t21-/m0/s1. The van der Waals surface area contributed by atoms with Crippen molar-refractivity contribution >= 4 is 17.0 Å². The molecule has 36 heavy (non-hydrogen) atoms. The van der Waals surface area contributed by atoms with Gasteiger partial charge >= 0.3 is 5.97 Å². The molecule has 2 aliphatic rings. The Kier molecular flexibility index (Phi) is 6.99. The molecule has 4 heterocycles. The number of nitrogens with zero attached hydrogens (tertiary/aromatic N) is 4. The largest absolute Gasteiger partial charge is 0.481 e. The quantitative estimate of drug-likeness (QED) is 0.447. The number of rotatable bonds is 7. The molecule has 0 N–H and O–H groups in total. The Morgan fingerprint density at radius 1 is 1.11 bits per heavy atom. The number of carbonyl (C=O) groups excluding carboxylic acids is 1. The van der Waals surface area contributed by atoms with E-state index in [1.54, 1.807) is 7.11 Å². The average Bonchev–Trinajstić information content (AvgIpc) is 3.16. The molecule has 0 amide bonds. The van der Waals surface area contributed by atoms with Gasteiger partial charge in [0.05, 0.1) is 42.9 Å². The molecule has 0 radical (unpaired) electrons. The van der Waals surface area contributed by atoms with Crippen LogP contribution in [-0.4, -0.2) is 63.9 Å². The van der Waals surface area contributed by atoms with E-state index in [1.807, 2.05) is 51.1 Å². The van der Waals surface area contributed by atoms with Crippen molar-refractivity contribution in [2.24, 2.45) is 0 Å². The number of esters is 1. The zero-order valence-corrected chi connectivity index (χ0v) is 21.7. The SMILES string of the molecule is COc1cccc(C2CCN(Cc3nc4ccc(C(=O)OC(C)(C)C)cc4n3C[C@@H]3CCO3)CC2)n1. The van der Waals surface area contributed by atoms with Crippen LogP contribution < -0.4 is 4.74 Å². The van der Waals surface area contributed by atoms with E-state index in [0.717, 1.165) is 74.6 Å². The first-order valence-corrected chi connectivity index (χ1v) is 12.9. The molecule has 3 aromatic rings. The lowest BCUT2D eigenvalue weighted by molar-refractivity contribution is -0.0592. The topological polar surface area (TPSA) is 78.7 Å². The molecule has 0 unspecified atom stereocenters. The van der Waals surface area contributed by atoms with E-state index in [0.29, 0.717) is 17.4 Å². The molecule has 2 saturated heterocycles. The van der Waals surface area contributed by atoms with Crippen LogP contribution in [0.4, 0.5) is 0 Å². The van der Waals surface area contributed by atoms with Crippen molar-refractivity contribution in [3.8, 4) is 5.88 Å². The predicted molar refractivity (Wildman–Crippen MR) is 137 cm³/mol. The molecule has 192 valence electrons. The number of methoxy groups -OCH3 is 1. The van der Waals surface area contributed by atoms with Crippen molar-refractivity contribution in [2.45, 2.75) is 70.7 Å². The number of likely N-dealkylation sites (tertiary alicyclic amines) is 1. The lowest BCUT2D eigenvalue weighted by atomic mass is 9.93. The number of hydrogen-bond acceptors (Lipinski definition) is 7. The number of aromatic nitrogens is 3. The zero-order valence-electron chi connectivity index (χ0n) is 21.7. The molecule has 1 atom stereocenters. The van der Waals surface area contributed by atoms with E-state index < -0.39 is 5.60 Å². The van der Waals surface area contributed by atoms with E-state index in [2.05, 4.69) is 20.5 Å². The van der Waals surface area contributed by atoms with E-state index in [1.165, 1.54) is 0 Å². The van der Waals surface area contributed by atoms with E-state index in [9.17, 15) is 4.79 Å². The van der Waals surface area contributed by atoms with Crippen LogP contribution in [0.15, 0.2) is 36.4 Å². The summed E-state index contributed by atoms with van der Waals surface area (Å²) in [6, 6.07) is 11.7. The van der Waals surface area contributed by atoms with E-state index in [-0.39, 0.29) is 12.1 Å². The number of carbonyl (C=O) groups is 1. The minimum atomic E-state index is -0.538. The summed E-state index contributed by atoms with van der Waals surface area (Å²) in [6.07, 6.45) is 3.34. The molecule has 0 spiro atoms. The highest BCUT2D eigenvalue weighted by Gasteiger charge is 2.26. The van der Waals surface area contributed by atoms with Gasteiger partial charge in [-0.2, -0.15) is 0 Å². The van der Waals surface area contributed by atoms with Crippen molar-refractivity contribution < 1.29 is 19.0 Å². The van der Waals surface area contributed by atoms with Crippen LogP contribution in [0.5, 0.6) is 5.88 Å². The maximum atomic E-state index is 12.7. The van der Waals surface area contributed by atoms with Crippen molar-refractivity contribution in [2.75, 3.05) is 26.8 Å². The monoisotopic (exact) mass is 492 g/mol. The summed E-state index contributed by atoms with van der Waals surface area (Å²) in [5.41, 5.74) is 2.97. The van der Waals surface area contributed by atoms with Gasteiger partial charge in [-0.15, -0.1) is 0 Å². The normalized spacial score (nSPS) is 19.3. The summed E-state index contributed by atoms with van der Waals surface area (Å²) in [4.78, 5) is 24.8. The summed E-state index contributed by atoms with van der Waals surface area (Å²) in [7, 11) is 1.66. The van der Waals surface area contributed by atoms with E-state index in [4.69, 9.17) is 19.2 Å². The van der Waals surface area contributed by atoms with Crippen LogP contribution in [0.25, 0.3) is 11.0 Å². The summed E-state index contributed by atoms with van der Waals surface area (Å²) in [5.74, 6) is 1.81. The van der Waals surface area contributed by atoms with Gasteiger partial charge in [0.2, 0.25) is 5.88 Å². The smallest absolute Gasteiger partial charge is 0.338 e. The Morgan fingerprint density at radius 3 is 2.56 bits per heavy atom. The van der Waals surface area contributed by atoms with Crippen LogP contribution in [0.1, 0.15) is 67.8 Å². The van der Waals surface area contributed by atoms with Gasteiger partial charge in [0.15, 0.2) is 0 Å². The van der Waals surface area contributed by atoms with Crippen LogP contribution in [0, 0.1) is 0 Å². The van der Waals surface area contributed by atoms with Gasteiger partial charge in [-0.05, 0) is 77.4 Å². The highest BCUT2D eigenvalue weighted by atomic mass is 16.6. The van der Waals surface area contributed by atoms with Crippen LogP contribution in [-0.2, 0) is 22.6 Å². The summed E-state index contributed by atoms with van der Waals surface area (Å²) < 4.78 is 18.9. The third-order valence-corrected chi connectivity index (χ3v) is 6.97. The summed E-state index contributed by atoms with van der Waals surface area (Å²) in [6.45, 7) is 9.93. The van der Waals surface area contributed by atoms with Crippen molar-refractivity contribution in [3.05, 3.63) is 53.5 Å². The maximum Gasteiger partial charge on any atom is 0.338 e. The number of hydrogen-bond donors (Lipinski definition) is 0. The first kappa shape index (κ1) is 24.7. The number of piperidine rings is 1. The molecule has 8 heteroatoms. The average molecular weight is 493 g/mol. The molecular formula is C28H36N4O4. The Balaban J connectivity index is 1.34. The van der Waals surface area contributed by atoms with Gasteiger partial charge < -0.3 is 18.8 Å².